The van der Waals surface area contributed by atoms with Gasteiger partial charge < -0.3 is 5.73 Å². The standard InChI is InChI=1S/C10H13F2NS/c1-14-8-4-2-3-7(5-8)6-9(13)10(11)12/h2-5,9-10H,6,13H2,1H3. The van der Waals surface area contributed by atoms with Crippen molar-refractivity contribution >= 4 is 11.8 Å². The molecule has 0 aliphatic heterocycles. The second-order valence-electron chi connectivity index (χ2n) is 3.05. The molecule has 0 aliphatic carbocycles. The van der Waals surface area contributed by atoms with Crippen molar-refractivity contribution in [2.45, 2.75) is 23.8 Å². The van der Waals surface area contributed by atoms with Crippen molar-refractivity contribution in [2.24, 2.45) is 5.73 Å². The van der Waals surface area contributed by atoms with Crippen LogP contribution in [0.4, 0.5) is 8.78 Å². The molecule has 0 aliphatic rings. The van der Waals surface area contributed by atoms with Crippen LogP contribution in [-0.2, 0) is 6.42 Å². The minimum Gasteiger partial charge on any atom is -0.323 e. The number of hydrogen-bond acceptors (Lipinski definition) is 2. The molecule has 1 atom stereocenters. The van der Waals surface area contributed by atoms with Crippen molar-refractivity contribution < 1.29 is 8.78 Å². The van der Waals surface area contributed by atoms with Crippen LogP contribution in [-0.4, -0.2) is 18.7 Å². The number of alkyl halides is 2. The van der Waals surface area contributed by atoms with Crippen LogP contribution in [0.3, 0.4) is 0 Å². The van der Waals surface area contributed by atoms with E-state index in [1.54, 1.807) is 11.8 Å². The highest BCUT2D eigenvalue weighted by atomic mass is 32.2. The molecule has 0 fully saturated rings. The molecule has 0 spiro atoms. The quantitative estimate of drug-likeness (QED) is 0.784. The number of rotatable bonds is 4. The molecule has 0 amide bonds. The first-order chi connectivity index (χ1) is 6.63. The second kappa shape index (κ2) is 5.32. The lowest BCUT2D eigenvalue weighted by molar-refractivity contribution is 0.116. The Labute approximate surface area is 86.7 Å². The fourth-order valence-electron chi connectivity index (χ4n) is 1.16. The van der Waals surface area contributed by atoms with Gasteiger partial charge in [-0.3, -0.25) is 0 Å². The molecular weight excluding hydrogens is 204 g/mol. The van der Waals surface area contributed by atoms with Gasteiger partial charge in [-0.05, 0) is 30.4 Å². The fourth-order valence-corrected chi connectivity index (χ4v) is 1.64. The first-order valence-corrected chi connectivity index (χ1v) is 5.52. The van der Waals surface area contributed by atoms with Crippen molar-refractivity contribution in [3.8, 4) is 0 Å². The van der Waals surface area contributed by atoms with Gasteiger partial charge in [-0.1, -0.05) is 12.1 Å². The van der Waals surface area contributed by atoms with Crippen LogP contribution >= 0.6 is 11.8 Å². The zero-order valence-electron chi connectivity index (χ0n) is 7.91. The second-order valence-corrected chi connectivity index (χ2v) is 3.93. The Hall–Kier alpha value is -0.610. The van der Waals surface area contributed by atoms with Crippen LogP contribution < -0.4 is 5.73 Å². The molecular formula is C10H13F2NS. The normalized spacial score (nSPS) is 13.2. The smallest absolute Gasteiger partial charge is 0.253 e. The highest BCUT2D eigenvalue weighted by molar-refractivity contribution is 7.98. The summed E-state index contributed by atoms with van der Waals surface area (Å²) in [6.07, 6.45) is -0.272. The van der Waals surface area contributed by atoms with E-state index in [-0.39, 0.29) is 6.42 Å². The third-order valence-corrected chi connectivity index (χ3v) is 2.65. The van der Waals surface area contributed by atoms with E-state index < -0.39 is 12.5 Å². The van der Waals surface area contributed by atoms with Gasteiger partial charge in [0.05, 0.1) is 6.04 Å². The van der Waals surface area contributed by atoms with Gasteiger partial charge >= 0.3 is 0 Å². The summed E-state index contributed by atoms with van der Waals surface area (Å²) in [6, 6.07) is 6.46. The first kappa shape index (κ1) is 11.5. The number of thioether (sulfide) groups is 1. The maximum atomic E-state index is 12.2. The van der Waals surface area contributed by atoms with Crippen LogP contribution in [0.5, 0.6) is 0 Å². The summed E-state index contributed by atoms with van der Waals surface area (Å²) in [6.45, 7) is 0. The molecule has 4 heteroatoms. The number of nitrogens with two attached hydrogens (primary N) is 1. The maximum absolute atomic E-state index is 12.2. The Morgan fingerprint density at radius 3 is 2.71 bits per heavy atom. The van der Waals surface area contributed by atoms with Crippen molar-refractivity contribution in [3.05, 3.63) is 29.8 Å². The average molecular weight is 217 g/mol. The highest BCUT2D eigenvalue weighted by Crippen LogP contribution is 2.17. The molecule has 2 N–H and O–H groups in total. The van der Waals surface area contributed by atoms with E-state index in [4.69, 9.17) is 5.73 Å². The van der Waals surface area contributed by atoms with E-state index in [1.165, 1.54) is 0 Å². The molecule has 78 valence electrons. The minimum absolute atomic E-state index is 0.228. The highest BCUT2D eigenvalue weighted by Gasteiger charge is 2.15. The fraction of sp³-hybridized carbons (Fsp3) is 0.400. The molecule has 0 saturated carbocycles. The SMILES string of the molecule is CSc1cccc(CC(N)C(F)F)c1. The Kier molecular flexibility index (Phi) is 4.35. The molecule has 0 bridgehead atoms. The molecule has 1 nitrogen and oxygen atoms in total. The molecule has 1 rings (SSSR count). The van der Waals surface area contributed by atoms with Crippen LogP contribution in [0, 0.1) is 0 Å². The summed E-state index contributed by atoms with van der Waals surface area (Å²) < 4.78 is 24.3. The third-order valence-electron chi connectivity index (χ3n) is 1.93. The lowest BCUT2D eigenvalue weighted by atomic mass is 10.1. The summed E-state index contributed by atoms with van der Waals surface area (Å²) >= 11 is 1.59. The summed E-state index contributed by atoms with van der Waals surface area (Å²) in [5.74, 6) is 0. The van der Waals surface area contributed by atoms with E-state index in [1.807, 2.05) is 30.5 Å². The van der Waals surface area contributed by atoms with Crippen molar-refractivity contribution in [3.63, 3.8) is 0 Å². The average Bonchev–Trinajstić information content (AvgIpc) is 2.18. The molecule has 0 saturated heterocycles. The zero-order valence-corrected chi connectivity index (χ0v) is 8.73. The summed E-state index contributed by atoms with van der Waals surface area (Å²) in [7, 11) is 0. The summed E-state index contributed by atoms with van der Waals surface area (Å²) in [5, 5.41) is 0. The van der Waals surface area contributed by atoms with Gasteiger partial charge in [-0.15, -0.1) is 11.8 Å². The van der Waals surface area contributed by atoms with E-state index in [0.29, 0.717) is 0 Å². The van der Waals surface area contributed by atoms with Gasteiger partial charge in [0.2, 0.25) is 0 Å². The number of halogens is 2. The molecule has 0 radical (unpaired) electrons. The largest absolute Gasteiger partial charge is 0.323 e. The van der Waals surface area contributed by atoms with Crippen molar-refractivity contribution in [1.29, 1.82) is 0 Å². The van der Waals surface area contributed by atoms with Crippen LogP contribution in [0.25, 0.3) is 0 Å². The zero-order chi connectivity index (χ0) is 10.6. The Morgan fingerprint density at radius 1 is 1.43 bits per heavy atom. The van der Waals surface area contributed by atoms with Crippen molar-refractivity contribution in [1.82, 2.24) is 0 Å². The topological polar surface area (TPSA) is 26.0 Å². The Bertz CT molecular complexity index is 291. The van der Waals surface area contributed by atoms with Crippen LogP contribution in [0.1, 0.15) is 5.56 Å². The van der Waals surface area contributed by atoms with Gasteiger partial charge in [-0.2, -0.15) is 0 Å². The van der Waals surface area contributed by atoms with Gasteiger partial charge in [0, 0.05) is 4.90 Å². The number of hydrogen-bond donors (Lipinski definition) is 1. The van der Waals surface area contributed by atoms with Crippen LogP contribution in [0.15, 0.2) is 29.2 Å². The molecule has 1 aromatic carbocycles. The van der Waals surface area contributed by atoms with Gasteiger partial charge in [0.25, 0.3) is 6.43 Å². The monoisotopic (exact) mass is 217 g/mol. The van der Waals surface area contributed by atoms with Gasteiger partial charge in [-0.25, -0.2) is 8.78 Å². The van der Waals surface area contributed by atoms with Crippen LogP contribution in [0.2, 0.25) is 0 Å². The van der Waals surface area contributed by atoms with Gasteiger partial charge in [0.15, 0.2) is 0 Å². The first-order valence-electron chi connectivity index (χ1n) is 4.30. The molecule has 14 heavy (non-hydrogen) atoms. The molecule has 0 heterocycles. The summed E-state index contributed by atoms with van der Waals surface area (Å²) in [5.41, 5.74) is 6.15. The molecule has 1 unspecified atom stereocenters. The molecule has 0 aromatic heterocycles. The Morgan fingerprint density at radius 2 is 2.14 bits per heavy atom. The predicted molar refractivity (Wildman–Crippen MR) is 55.9 cm³/mol. The van der Waals surface area contributed by atoms with Crippen molar-refractivity contribution in [2.75, 3.05) is 6.26 Å². The van der Waals surface area contributed by atoms with E-state index in [9.17, 15) is 8.78 Å². The lowest BCUT2D eigenvalue weighted by Gasteiger charge is -2.10. The predicted octanol–water partition coefficient (Wildman–Crippen LogP) is 2.54. The Balaban J connectivity index is 2.66. The van der Waals surface area contributed by atoms with E-state index in [2.05, 4.69) is 0 Å². The van der Waals surface area contributed by atoms with E-state index in [0.717, 1.165) is 10.5 Å². The number of benzene rings is 1. The van der Waals surface area contributed by atoms with Gasteiger partial charge in [0.1, 0.15) is 0 Å². The lowest BCUT2D eigenvalue weighted by Crippen LogP contribution is -2.30. The minimum atomic E-state index is -2.45. The third kappa shape index (κ3) is 3.27. The molecule has 1 aromatic rings. The maximum Gasteiger partial charge on any atom is 0.253 e. The van der Waals surface area contributed by atoms with E-state index >= 15 is 0 Å². The summed E-state index contributed by atoms with van der Waals surface area (Å²) in [4.78, 5) is 1.07.